The summed E-state index contributed by atoms with van der Waals surface area (Å²) in [6.45, 7) is 1.67. The Balaban J connectivity index is 1.31. The summed E-state index contributed by atoms with van der Waals surface area (Å²) in [7, 11) is 1.87. The molecule has 1 saturated heterocycles. The minimum Gasteiger partial charge on any atom is -0.493 e. The minimum atomic E-state index is 0.254. The molecule has 1 spiro atoms. The Kier molecular flexibility index (Phi) is 3.66. The fourth-order valence-corrected chi connectivity index (χ4v) is 5.43. The largest absolute Gasteiger partial charge is 0.493 e. The first-order valence-corrected chi connectivity index (χ1v) is 9.65. The predicted octanol–water partition coefficient (Wildman–Crippen LogP) is 2.63. The zero-order chi connectivity index (χ0) is 16.9. The maximum Gasteiger partial charge on any atom is 0.191 e. The number of nitrogens with one attached hydrogen (secondary N) is 2. The van der Waals surface area contributed by atoms with E-state index in [4.69, 9.17) is 9.47 Å². The van der Waals surface area contributed by atoms with Crippen LogP contribution in [0.4, 0.5) is 0 Å². The first kappa shape index (κ1) is 15.5. The quantitative estimate of drug-likeness (QED) is 0.641. The first-order chi connectivity index (χ1) is 12.3. The number of hydrogen-bond acceptors (Lipinski definition) is 3. The van der Waals surface area contributed by atoms with Crippen molar-refractivity contribution in [3.05, 3.63) is 29.8 Å². The molecule has 2 aliphatic heterocycles. The van der Waals surface area contributed by atoms with Crippen LogP contribution in [0.3, 0.4) is 0 Å². The third-order valence-corrected chi connectivity index (χ3v) is 6.82. The van der Waals surface area contributed by atoms with Crippen LogP contribution in [-0.2, 0) is 4.74 Å². The number of fused-ring (bicyclic) bond motifs is 3. The summed E-state index contributed by atoms with van der Waals surface area (Å²) in [5, 5.41) is 7.41. The lowest BCUT2D eigenvalue weighted by atomic mass is 9.46. The van der Waals surface area contributed by atoms with E-state index in [9.17, 15) is 0 Å². The van der Waals surface area contributed by atoms with E-state index in [1.165, 1.54) is 31.2 Å². The summed E-state index contributed by atoms with van der Waals surface area (Å²) in [5.74, 6) is 2.56. The smallest absolute Gasteiger partial charge is 0.191 e. The number of para-hydroxylation sites is 1. The second-order valence-corrected chi connectivity index (χ2v) is 7.90. The third kappa shape index (κ3) is 2.28. The van der Waals surface area contributed by atoms with E-state index in [0.29, 0.717) is 23.5 Å². The van der Waals surface area contributed by atoms with Crippen molar-refractivity contribution in [1.82, 2.24) is 10.6 Å². The molecule has 2 heterocycles. The molecule has 134 valence electrons. The van der Waals surface area contributed by atoms with E-state index >= 15 is 0 Å². The van der Waals surface area contributed by atoms with E-state index in [1.807, 2.05) is 13.1 Å². The standard InChI is InChI=1S/C20H27N3O2/c1-21-19(22-15-8-12-24-16-6-3-2-5-13(15)16)23-17-14-7-11-25-18(14)20(17)9-4-10-20/h2-3,5-6,14-15,17-18H,4,7-12H2,1H3,(H2,21,22,23). The highest BCUT2D eigenvalue weighted by Crippen LogP contribution is 2.62. The zero-order valence-electron chi connectivity index (χ0n) is 14.8. The van der Waals surface area contributed by atoms with Crippen molar-refractivity contribution < 1.29 is 9.47 Å². The van der Waals surface area contributed by atoms with Crippen molar-refractivity contribution in [3.63, 3.8) is 0 Å². The van der Waals surface area contributed by atoms with Gasteiger partial charge in [-0.05, 0) is 25.3 Å². The summed E-state index contributed by atoms with van der Waals surface area (Å²) in [6.07, 6.45) is 6.56. The molecular formula is C20H27N3O2. The molecule has 2 N–H and O–H groups in total. The van der Waals surface area contributed by atoms with Gasteiger partial charge in [-0.1, -0.05) is 24.6 Å². The van der Waals surface area contributed by atoms with Gasteiger partial charge in [0.05, 0.1) is 18.8 Å². The number of benzene rings is 1. The maximum absolute atomic E-state index is 6.03. The van der Waals surface area contributed by atoms with Crippen LogP contribution in [0.15, 0.2) is 29.3 Å². The summed E-state index contributed by atoms with van der Waals surface area (Å²) < 4.78 is 11.8. The summed E-state index contributed by atoms with van der Waals surface area (Å²) in [5.41, 5.74) is 1.59. The van der Waals surface area contributed by atoms with Crippen molar-refractivity contribution in [1.29, 1.82) is 0 Å². The molecule has 0 radical (unpaired) electrons. The fraction of sp³-hybridized carbons (Fsp3) is 0.650. The molecule has 2 saturated carbocycles. The van der Waals surface area contributed by atoms with Crippen LogP contribution < -0.4 is 15.4 Å². The van der Waals surface area contributed by atoms with Gasteiger partial charge in [0.1, 0.15) is 5.75 Å². The van der Waals surface area contributed by atoms with Crippen LogP contribution in [0.5, 0.6) is 5.75 Å². The van der Waals surface area contributed by atoms with Crippen LogP contribution in [0.2, 0.25) is 0 Å². The van der Waals surface area contributed by atoms with Gasteiger partial charge in [-0.25, -0.2) is 0 Å². The van der Waals surface area contributed by atoms with Crippen molar-refractivity contribution in [3.8, 4) is 5.75 Å². The van der Waals surface area contributed by atoms with Crippen LogP contribution in [0.1, 0.15) is 43.7 Å². The van der Waals surface area contributed by atoms with Gasteiger partial charge in [0.15, 0.2) is 5.96 Å². The molecule has 0 bridgehead atoms. The SMILES string of the molecule is CN=C(NC1CCOc2ccccc21)NC1C2CCOC2C12CCC2. The number of aliphatic imine (C=N–C) groups is 1. The molecule has 5 heteroatoms. The lowest BCUT2D eigenvalue weighted by molar-refractivity contribution is -0.171. The summed E-state index contributed by atoms with van der Waals surface area (Å²) >= 11 is 0. The Morgan fingerprint density at radius 3 is 2.84 bits per heavy atom. The number of nitrogens with zero attached hydrogens (tertiary/aromatic N) is 1. The van der Waals surface area contributed by atoms with E-state index < -0.39 is 0 Å². The Labute approximate surface area is 149 Å². The van der Waals surface area contributed by atoms with E-state index in [-0.39, 0.29) is 6.04 Å². The van der Waals surface area contributed by atoms with Gasteiger partial charge in [-0.15, -0.1) is 0 Å². The van der Waals surface area contributed by atoms with Crippen LogP contribution >= 0.6 is 0 Å². The summed E-state index contributed by atoms with van der Waals surface area (Å²) in [4.78, 5) is 4.53. The Bertz CT molecular complexity index is 685. The molecule has 1 aromatic carbocycles. The van der Waals surface area contributed by atoms with E-state index in [0.717, 1.165) is 31.3 Å². The average Bonchev–Trinajstić information content (AvgIpc) is 3.02. The van der Waals surface area contributed by atoms with Gasteiger partial charge in [0, 0.05) is 43.0 Å². The molecule has 4 unspecified atom stereocenters. The van der Waals surface area contributed by atoms with E-state index in [2.05, 4.69) is 33.8 Å². The monoisotopic (exact) mass is 341 g/mol. The Morgan fingerprint density at radius 2 is 2.04 bits per heavy atom. The minimum absolute atomic E-state index is 0.254. The molecule has 0 aromatic heterocycles. The van der Waals surface area contributed by atoms with Crippen LogP contribution in [0.25, 0.3) is 0 Å². The van der Waals surface area contributed by atoms with Gasteiger partial charge >= 0.3 is 0 Å². The highest BCUT2D eigenvalue weighted by atomic mass is 16.5. The fourth-order valence-electron chi connectivity index (χ4n) is 5.43. The van der Waals surface area contributed by atoms with Crippen LogP contribution in [-0.4, -0.2) is 38.4 Å². The van der Waals surface area contributed by atoms with Crippen molar-refractivity contribution >= 4 is 5.96 Å². The molecule has 0 amide bonds. The Morgan fingerprint density at radius 1 is 1.16 bits per heavy atom. The highest BCUT2D eigenvalue weighted by Gasteiger charge is 2.66. The predicted molar refractivity (Wildman–Crippen MR) is 96.8 cm³/mol. The highest BCUT2D eigenvalue weighted by molar-refractivity contribution is 5.81. The number of guanidine groups is 1. The molecule has 2 aliphatic carbocycles. The summed E-state index contributed by atoms with van der Waals surface area (Å²) in [6, 6.07) is 9.07. The molecule has 5 nitrogen and oxygen atoms in total. The van der Waals surface area contributed by atoms with Gasteiger partial charge in [0.25, 0.3) is 0 Å². The molecule has 1 aromatic rings. The molecular weight excluding hydrogens is 314 g/mol. The molecule has 3 fully saturated rings. The number of rotatable bonds is 2. The lowest BCUT2D eigenvalue weighted by Gasteiger charge is -2.63. The number of hydrogen-bond donors (Lipinski definition) is 2. The van der Waals surface area contributed by atoms with Crippen molar-refractivity contribution in [2.45, 2.75) is 50.3 Å². The third-order valence-electron chi connectivity index (χ3n) is 6.82. The molecule has 4 aliphatic rings. The molecule has 25 heavy (non-hydrogen) atoms. The maximum atomic E-state index is 6.03. The van der Waals surface area contributed by atoms with Crippen LogP contribution in [0, 0.1) is 11.3 Å². The lowest BCUT2D eigenvalue weighted by Crippen LogP contribution is -2.72. The van der Waals surface area contributed by atoms with Gasteiger partial charge in [-0.2, -0.15) is 0 Å². The molecule has 4 atom stereocenters. The van der Waals surface area contributed by atoms with Crippen molar-refractivity contribution in [2.75, 3.05) is 20.3 Å². The van der Waals surface area contributed by atoms with Gasteiger partial charge in [-0.3, -0.25) is 4.99 Å². The second-order valence-electron chi connectivity index (χ2n) is 7.90. The van der Waals surface area contributed by atoms with Gasteiger partial charge in [0.2, 0.25) is 0 Å². The zero-order valence-corrected chi connectivity index (χ0v) is 14.8. The second kappa shape index (κ2) is 5.90. The van der Waals surface area contributed by atoms with Crippen molar-refractivity contribution in [2.24, 2.45) is 16.3 Å². The number of ether oxygens (including phenoxy) is 2. The topological polar surface area (TPSA) is 54.9 Å². The van der Waals surface area contributed by atoms with E-state index in [1.54, 1.807) is 0 Å². The first-order valence-electron chi connectivity index (χ1n) is 9.65. The average molecular weight is 341 g/mol. The Hall–Kier alpha value is -1.75. The normalized spacial score (nSPS) is 35.0. The molecule has 5 rings (SSSR count). The van der Waals surface area contributed by atoms with Gasteiger partial charge < -0.3 is 20.1 Å².